The minimum absolute atomic E-state index is 0. The molecule has 6 aromatic carbocycles. The number of imidazole rings is 8. The van der Waals surface area contributed by atoms with E-state index in [1.807, 2.05) is 65.3 Å². The van der Waals surface area contributed by atoms with Crippen LogP contribution in [-0.4, -0.2) is 85.0 Å². The van der Waals surface area contributed by atoms with Crippen LogP contribution in [0.2, 0.25) is 0 Å². The quantitative estimate of drug-likeness (QED) is 0.140. The number of hydrogen-bond donors (Lipinski definition) is 0. The van der Waals surface area contributed by atoms with Gasteiger partial charge >= 0.3 is 0 Å². The van der Waals surface area contributed by atoms with Crippen molar-refractivity contribution in [1.29, 1.82) is 0 Å². The van der Waals surface area contributed by atoms with Crippen molar-refractivity contribution in [3.63, 3.8) is 0 Å². The topological polar surface area (TPSA) is 164 Å². The van der Waals surface area contributed by atoms with Crippen LogP contribution in [0.25, 0.3) is 134 Å². The van der Waals surface area contributed by atoms with E-state index in [0.717, 1.165) is 118 Å². The Bertz CT molecular complexity index is 7790. The predicted molar refractivity (Wildman–Crippen MR) is 561 cm³/mol. The fourth-order valence-corrected chi connectivity index (χ4v) is 27.2. The van der Waals surface area contributed by atoms with Gasteiger partial charge < -0.3 is 35.2 Å². The molecule has 6 aliphatic carbocycles. The summed E-state index contributed by atoms with van der Waals surface area (Å²) in [6.45, 7) is 34.2. The summed E-state index contributed by atoms with van der Waals surface area (Å²) in [5.74, 6) is 15.0. The first kappa shape index (κ1) is 105. The maximum atomic E-state index is 6.03. The van der Waals surface area contributed by atoms with E-state index in [1.54, 1.807) is 24.3 Å². The molecule has 0 bridgehead atoms. The summed E-state index contributed by atoms with van der Waals surface area (Å²) < 4.78 is 18.7. The summed E-state index contributed by atoms with van der Waals surface area (Å²) in [6, 6.07) is 57.7. The monoisotopic (exact) mass is 2580 g/mol. The molecule has 0 amide bonds. The van der Waals surface area contributed by atoms with Gasteiger partial charge in [0.05, 0.1) is 85.8 Å². The van der Waals surface area contributed by atoms with Gasteiger partial charge in [0.15, 0.2) is 0 Å². The van der Waals surface area contributed by atoms with E-state index in [4.69, 9.17) is 39.9 Å². The third-order valence-electron chi connectivity index (χ3n) is 33.5. The average Bonchev–Trinajstić information content (AvgIpc) is 1.54. The van der Waals surface area contributed by atoms with Gasteiger partial charge in [-0.25, -0.2) is 19.9 Å². The third-order valence-corrected chi connectivity index (χ3v) is 33.5. The first-order chi connectivity index (χ1) is 64.4. The molecular formula is C118H140Ir4N18-4. The number of pyridine rings is 2. The van der Waals surface area contributed by atoms with Crippen molar-refractivity contribution in [2.75, 3.05) is 0 Å². The van der Waals surface area contributed by atoms with Crippen LogP contribution >= 0.6 is 0 Å². The van der Waals surface area contributed by atoms with Crippen molar-refractivity contribution in [3.8, 4) is 11.3 Å². The molecular weight excluding hydrogens is 2440 g/mol. The molecule has 14 aromatic heterocycles. The number of para-hydroxylation sites is 2. The van der Waals surface area contributed by atoms with E-state index in [0.29, 0.717) is 101 Å². The normalized spacial score (nSPS) is 24.8. The molecule has 4 radical (unpaired) electrons. The number of hydrogen-bond acceptors (Lipinski definition) is 10. The molecule has 0 N–H and O–H groups in total. The Labute approximate surface area is 880 Å². The van der Waals surface area contributed by atoms with Crippen molar-refractivity contribution in [1.82, 2.24) is 85.0 Å². The summed E-state index contributed by atoms with van der Waals surface area (Å²) in [4.78, 5) is 49.8. The number of nitrogens with zero attached hydrogens (tertiary/aromatic N) is 18. The molecule has 6 aliphatic rings. The van der Waals surface area contributed by atoms with Crippen molar-refractivity contribution in [3.05, 3.63) is 240 Å². The number of aromatic nitrogens is 18. The zero-order valence-electron chi connectivity index (χ0n) is 80.7. The summed E-state index contributed by atoms with van der Waals surface area (Å²) in [7, 11) is 0. The van der Waals surface area contributed by atoms with Gasteiger partial charge in [-0.05, 0) is 155 Å². The average molecular weight is 2580 g/mol. The molecule has 26 rings (SSSR count). The predicted octanol–water partition coefficient (Wildman–Crippen LogP) is 30.0. The minimum Gasteiger partial charge on any atom is -0.324 e. The molecule has 20 aromatic rings. The van der Waals surface area contributed by atoms with Gasteiger partial charge in [-0.2, -0.15) is 0 Å². The van der Waals surface area contributed by atoms with Crippen LogP contribution in [-0.2, 0) is 80.4 Å². The maximum absolute atomic E-state index is 6.03. The van der Waals surface area contributed by atoms with Gasteiger partial charge in [-0.3, -0.25) is 29.9 Å². The van der Waals surface area contributed by atoms with Crippen LogP contribution in [0, 0.1) is 109 Å². The fourth-order valence-electron chi connectivity index (χ4n) is 27.2. The van der Waals surface area contributed by atoms with Crippen molar-refractivity contribution in [2.24, 2.45) is 71.0 Å². The fraction of sp³-hybridized carbons (Fsp3) is 0.458. The molecule has 0 saturated heterocycles. The number of fused-ring (bicyclic) bond motifs is 30. The molecule has 742 valence electrons. The molecule has 6 fully saturated rings. The molecule has 22 heteroatoms. The third kappa shape index (κ3) is 17.4. The molecule has 6 saturated carbocycles. The molecule has 0 aliphatic heterocycles. The van der Waals surface area contributed by atoms with E-state index in [9.17, 15) is 0 Å². The smallest absolute Gasteiger partial charge is 0.204 e. The molecule has 0 spiro atoms. The van der Waals surface area contributed by atoms with Gasteiger partial charge in [-0.1, -0.05) is 267 Å². The first-order valence-electron chi connectivity index (χ1n) is 50.1. The van der Waals surface area contributed by atoms with E-state index in [2.05, 4.69) is 253 Å². The summed E-state index contributed by atoms with van der Waals surface area (Å²) in [5.41, 5.74) is 27.5. The molecule has 13 atom stereocenters. The van der Waals surface area contributed by atoms with Crippen molar-refractivity contribution >= 4 is 122 Å². The number of aryl methyl sites for hydroxylation is 2. The van der Waals surface area contributed by atoms with Crippen LogP contribution in [0.1, 0.15) is 309 Å². The van der Waals surface area contributed by atoms with Crippen LogP contribution < -0.4 is 0 Å². The zero-order chi connectivity index (χ0) is 89.9. The zero-order valence-corrected chi connectivity index (χ0v) is 90.2. The van der Waals surface area contributed by atoms with Crippen molar-refractivity contribution in [2.45, 2.75) is 278 Å². The second kappa shape index (κ2) is 42.5. The van der Waals surface area contributed by atoms with E-state index < -0.39 is 0 Å². The molecule has 140 heavy (non-hydrogen) atoms. The Morgan fingerprint density at radius 2 is 0.700 bits per heavy atom. The van der Waals surface area contributed by atoms with E-state index in [-0.39, 0.29) is 110 Å². The van der Waals surface area contributed by atoms with Crippen LogP contribution in [0.3, 0.4) is 0 Å². The van der Waals surface area contributed by atoms with Gasteiger partial charge in [0.1, 0.15) is 5.52 Å². The standard InChI is InChI=1S/C44H63N4.C28H35N4.C24H17N4.C18H9N6.4CH4.4Ir/c1-25-22-23-26(2)34(24-25)39-41(37-29(5)16-12-17-30(37)6)48-43(45-39)33-20-9-10-21-35(33)47-42(38-31(7)18-13-19-32(38)8)40(46-44(47)48)36-27(3)14-11-15-28(36)4;1-17-9-7-10-18(2)25(17)23-16-30-28-31(23)22-14-6-5-13-21(22)27-29-15-24(32(27)28)26-19(3)11-8-12-20(26)4;1-15-8-7-9-16(2)22(15)21-14-25-23-17-10-3-5-12-19(17)27-20-13-6-4-11-18(20)26-24(27)28(21)23;1-2-4-14-11(3-1)17-21-12-5-7-20-10-16(12)24(17)18-22-13-9-19-8-6-15(13)23(14)18;;;;;;;;/h9-10,21,25-32,34,36-38H,11-19,22-24H2,1-8H3;5-6,14-20,25-26H,7-12H2,1-4H3;3-9,11-14H,1-2H3;1-2,4-10H;4*1H4;;;;/q4*-1;;;;;;;;. The molecule has 13 unspecified atom stereocenters. The van der Waals surface area contributed by atoms with Crippen molar-refractivity contribution < 1.29 is 80.4 Å². The Kier molecular flexibility index (Phi) is 31.9. The van der Waals surface area contributed by atoms with Gasteiger partial charge in [-0.15, -0.1) is 97.1 Å². The first-order valence-corrected chi connectivity index (χ1v) is 50.1. The second-order valence-electron chi connectivity index (χ2n) is 42.1. The SMILES string of the molecule is C.C.C.C.CC1CCC(C)C(c2nc3c4[c-]cccc4n4c(C5C(C)CCCC5C)c(C5C(C)CCCC5C)nc4n3c2C2C(C)CCCC2C)C1.CC1CCCC(C)C1c1cnc2n1c1ccc[c-]c1c1ncc(C3C(C)CCCC3C)n12.Cc1cccc(C)c1-c1cnc2c3[c-]cccc3n3c4ccccc4nc3n12.[Ir].[Ir].[Ir].[Ir].[c-]1cccc2c1c1nc3ccncc3n1c1nc3cnccc3n21. The minimum atomic E-state index is 0. The van der Waals surface area contributed by atoms with Crippen LogP contribution in [0.5, 0.6) is 0 Å². The maximum Gasteiger partial charge on any atom is 0.204 e. The van der Waals surface area contributed by atoms with Gasteiger partial charge in [0.25, 0.3) is 0 Å². The molecule has 14 heterocycles. The summed E-state index contributed by atoms with van der Waals surface area (Å²) >= 11 is 0. The van der Waals surface area contributed by atoms with Gasteiger partial charge in [0.2, 0.25) is 23.1 Å². The Morgan fingerprint density at radius 1 is 0.286 bits per heavy atom. The number of benzene rings is 6. The van der Waals surface area contributed by atoms with Gasteiger partial charge in [0, 0.05) is 169 Å². The van der Waals surface area contributed by atoms with Crippen LogP contribution in [0.15, 0.2) is 171 Å². The Morgan fingerprint density at radius 3 is 1.26 bits per heavy atom. The second-order valence-corrected chi connectivity index (χ2v) is 42.1. The number of rotatable bonds is 7. The Balaban J connectivity index is 0.000000143. The molecule has 18 nitrogen and oxygen atoms in total. The van der Waals surface area contributed by atoms with E-state index in [1.165, 1.54) is 177 Å². The summed E-state index contributed by atoms with van der Waals surface area (Å²) in [5, 5.41) is 4.25. The largest absolute Gasteiger partial charge is 0.324 e. The Hall–Kier alpha value is -9.32. The van der Waals surface area contributed by atoms with Crippen LogP contribution in [0.4, 0.5) is 0 Å². The summed E-state index contributed by atoms with van der Waals surface area (Å²) in [6.07, 6.45) is 37.2. The van der Waals surface area contributed by atoms with E-state index >= 15 is 0 Å².